The van der Waals surface area contributed by atoms with Gasteiger partial charge in [0.05, 0.1) is 24.6 Å². The maximum absolute atomic E-state index is 14.7. The fraction of sp³-hybridized carbons (Fsp3) is 0.586. The van der Waals surface area contributed by atoms with E-state index in [1.54, 1.807) is 12.1 Å². The van der Waals surface area contributed by atoms with Crippen molar-refractivity contribution in [2.75, 3.05) is 6.61 Å². The zero-order valence-electron chi connectivity index (χ0n) is 21.1. The second kappa shape index (κ2) is 17.2. The van der Waals surface area contributed by atoms with Crippen LogP contribution in [0.25, 0.3) is 17.5 Å². The Balaban J connectivity index is 1.78. The summed E-state index contributed by atoms with van der Waals surface area (Å²) in [5.41, 5.74) is 0.309. The highest BCUT2D eigenvalue weighted by Gasteiger charge is 2.15. The summed E-state index contributed by atoms with van der Waals surface area (Å²) >= 11 is 0. The minimum atomic E-state index is -0.919. The Morgan fingerprint density at radius 1 is 0.735 bits per heavy atom. The summed E-state index contributed by atoms with van der Waals surface area (Å²) in [4.78, 5) is 8.38. The van der Waals surface area contributed by atoms with Gasteiger partial charge in [0.15, 0.2) is 23.2 Å². The van der Waals surface area contributed by atoms with Crippen molar-refractivity contribution in [3.05, 3.63) is 47.8 Å². The van der Waals surface area contributed by atoms with E-state index in [0.717, 1.165) is 25.7 Å². The molecular weight excluding hydrogens is 430 g/mol. The predicted octanol–water partition coefficient (Wildman–Crippen LogP) is 9.31. The molecule has 0 N–H and O–H groups in total. The molecule has 0 fully saturated rings. The highest BCUT2D eigenvalue weighted by Crippen LogP contribution is 2.25. The van der Waals surface area contributed by atoms with Gasteiger partial charge in [-0.15, -0.1) is 0 Å². The maximum atomic E-state index is 14.7. The minimum Gasteiger partial charge on any atom is -0.490 e. The van der Waals surface area contributed by atoms with Gasteiger partial charge < -0.3 is 4.74 Å². The summed E-state index contributed by atoms with van der Waals surface area (Å²) in [5.74, 6) is -1.08. The zero-order valence-corrected chi connectivity index (χ0v) is 21.1. The third-order valence-electron chi connectivity index (χ3n) is 6.02. The number of ether oxygens (including phenoxy) is 1. The highest BCUT2D eigenvalue weighted by atomic mass is 19.2. The quantitative estimate of drug-likeness (QED) is 0.203. The molecule has 2 rings (SSSR count). The fourth-order valence-corrected chi connectivity index (χ4v) is 3.90. The standard InChI is InChI=1S/C29H42F2N2O/c1-3-5-7-9-11-13-15-17-21-34-25-22-32-29(33-23-25)26-20-19-24(27(30)28(26)31)18-16-14-12-10-8-6-4-2/h16,18-20,22-23H,3-15,17,21H2,1-2H3/b18-16+. The number of benzene rings is 1. The number of halogens is 2. The third-order valence-corrected chi connectivity index (χ3v) is 6.02. The number of unbranched alkanes of at least 4 members (excludes halogenated alkanes) is 12. The van der Waals surface area contributed by atoms with Gasteiger partial charge in [-0.2, -0.15) is 0 Å². The van der Waals surface area contributed by atoms with Gasteiger partial charge in [0, 0.05) is 5.56 Å². The number of rotatable bonds is 18. The van der Waals surface area contributed by atoms with Crippen molar-refractivity contribution in [2.45, 2.75) is 104 Å². The molecule has 0 bridgehead atoms. The van der Waals surface area contributed by atoms with Crippen molar-refractivity contribution in [3.63, 3.8) is 0 Å². The summed E-state index contributed by atoms with van der Waals surface area (Å²) in [6.07, 6.45) is 23.3. The van der Waals surface area contributed by atoms with E-state index in [2.05, 4.69) is 23.8 Å². The van der Waals surface area contributed by atoms with Crippen LogP contribution >= 0.6 is 0 Å². The first-order valence-corrected chi connectivity index (χ1v) is 13.3. The second-order valence-corrected chi connectivity index (χ2v) is 9.00. The smallest absolute Gasteiger partial charge is 0.170 e. The van der Waals surface area contributed by atoms with Crippen molar-refractivity contribution in [1.29, 1.82) is 0 Å². The third kappa shape index (κ3) is 10.3. The molecule has 0 aliphatic carbocycles. The number of nitrogens with zero attached hydrogens (tertiary/aromatic N) is 2. The molecule has 0 spiro atoms. The van der Waals surface area contributed by atoms with Crippen molar-refractivity contribution in [2.24, 2.45) is 0 Å². The molecule has 188 valence electrons. The van der Waals surface area contributed by atoms with Crippen molar-refractivity contribution in [3.8, 4) is 17.1 Å². The molecular formula is C29H42F2N2O. The Morgan fingerprint density at radius 2 is 1.32 bits per heavy atom. The molecule has 0 aliphatic rings. The number of allylic oxidation sites excluding steroid dienone is 1. The molecule has 0 saturated carbocycles. The molecule has 1 heterocycles. The first kappa shape index (κ1) is 27.9. The van der Waals surface area contributed by atoms with Crippen LogP contribution in [0.3, 0.4) is 0 Å². The van der Waals surface area contributed by atoms with Gasteiger partial charge in [0.25, 0.3) is 0 Å². The molecule has 0 atom stereocenters. The lowest BCUT2D eigenvalue weighted by Gasteiger charge is -2.08. The lowest BCUT2D eigenvalue weighted by atomic mass is 10.1. The Morgan fingerprint density at radius 3 is 1.97 bits per heavy atom. The Kier molecular flexibility index (Phi) is 14.1. The molecule has 3 nitrogen and oxygen atoms in total. The van der Waals surface area contributed by atoms with Gasteiger partial charge in [0.2, 0.25) is 0 Å². The second-order valence-electron chi connectivity index (χ2n) is 9.00. The van der Waals surface area contributed by atoms with Gasteiger partial charge in [-0.1, -0.05) is 103 Å². The van der Waals surface area contributed by atoms with Crippen LogP contribution in [0.2, 0.25) is 0 Å². The molecule has 0 amide bonds. The predicted molar refractivity (Wildman–Crippen MR) is 138 cm³/mol. The molecule has 5 heteroatoms. The van der Waals surface area contributed by atoms with Crippen LogP contribution in [-0.2, 0) is 0 Å². The maximum Gasteiger partial charge on any atom is 0.170 e. The fourth-order valence-electron chi connectivity index (χ4n) is 3.90. The number of hydrogen-bond donors (Lipinski definition) is 0. The van der Waals surface area contributed by atoms with Crippen LogP contribution in [0.5, 0.6) is 5.75 Å². The van der Waals surface area contributed by atoms with E-state index in [0.29, 0.717) is 12.4 Å². The normalized spacial score (nSPS) is 11.4. The summed E-state index contributed by atoms with van der Waals surface area (Å²) in [5, 5.41) is 0. The van der Waals surface area contributed by atoms with E-state index >= 15 is 0 Å². The van der Waals surface area contributed by atoms with Crippen LogP contribution in [0.1, 0.15) is 109 Å². The molecule has 1 aromatic carbocycles. The molecule has 0 saturated heterocycles. The Bertz CT molecular complexity index is 837. The molecule has 0 radical (unpaired) electrons. The molecule has 0 aliphatic heterocycles. The first-order valence-electron chi connectivity index (χ1n) is 13.3. The minimum absolute atomic E-state index is 0.0591. The molecule has 0 unspecified atom stereocenters. The summed E-state index contributed by atoms with van der Waals surface area (Å²) in [6, 6.07) is 3.12. The zero-order chi connectivity index (χ0) is 24.4. The lowest BCUT2D eigenvalue weighted by Crippen LogP contribution is -2.00. The summed E-state index contributed by atoms with van der Waals surface area (Å²) in [7, 11) is 0. The Labute approximate surface area is 205 Å². The van der Waals surface area contributed by atoms with Gasteiger partial charge in [-0.25, -0.2) is 18.7 Å². The number of hydrogen-bond acceptors (Lipinski definition) is 3. The van der Waals surface area contributed by atoms with Gasteiger partial charge >= 0.3 is 0 Å². The van der Waals surface area contributed by atoms with Gasteiger partial charge in [-0.3, -0.25) is 0 Å². The van der Waals surface area contributed by atoms with E-state index in [-0.39, 0.29) is 17.0 Å². The lowest BCUT2D eigenvalue weighted by molar-refractivity contribution is 0.302. The average Bonchev–Trinajstić information content (AvgIpc) is 2.85. The molecule has 34 heavy (non-hydrogen) atoms. The van der Waals surface area contributed by atoms with Crippen LogP contribution in [-0.4, -0.2) is 16.6 Å². The van der Waals surface area contributed by atoms with E-state index in [4.69, 9.17) is 4.74 Å². The van der Waals surface area contributed by atoms with Crippen molar-refractivity contribution < 1.29 is 13.5 Å². The van der Waals surface area contributed by atoms with Crippen LogP contribution < -0.4 is 4.74 Å². The Hall–Kier alpha value is -2.30. The van der Waals surface area contributed by atoms with Gasteiger partial charge in [-0.05, 0) is 25.3 Å². The highest BCUT2D eigenvalue weighted by molar-refractivity contribution is 5.61. The van der Waals surface area contributed by atoms with E-state index in [1.807, 2.05) is 6.08 Å². The van der Waals surface area contributed by atoms with Crippen molar-refractivity contribution in [1.82, 2.24) is 9.97 Å². The first-order chi connectivity index (χ1) is 16.7. The van der Waals surface area contributed by atoms with Gasteiger partial charge in [0.1, 0.15) is 0 Å². The molecule has 2 aromatic rings. The number of aromatic nitrogens is 2. The van der Waals surface area contributed by atoms with E-state index in [1.165, 1.54) is 82.7 Å². The van der Waals surface area contributed by atoms with Crippen LogP contribution in [0.4, 0.5) is 8.78 Å². The summed E-state index contributed by atoms with van der Waals surface area (Å²) in [6.45, 7) is 5.03. The monoisotopic (exact) mass is 472 g/mol. The van der Waals surface area contributed by atoms with Crippen LogP contribution in [0.15, 0.2) is 30.6 Å². The van der Waals surface area contributed by atoms with Crippen molar-refractivity contribution >= 4 is 6.08 Å². The SMILES string of the molecule is CCCCCCC/C=C/c1ccc(-c2ncc(OCCCCCCCCCC)cn2)c(F)c1F. The molecule has 1 aromatic heterocycles. The van der Waals surface area contributed by atoms with Crippen LogP contribution in [0, 0.1) is 11.6 Å². The summed E-state index contributed by atoms with van der Waals surface area (Å²) < 4.78 is 34.9. The van der Waals surface area contributed by atoms with E-state index < -0.39 is 11.6 Å². The average molecular weight is 473 g/mol. The topological polar surface area (TPSA) is 35.0 Å². The van der Waals surface area contributed by atoms with E-state index in [9.17, 15) is 8.78 Å². The largest absolute Gasteiger partial charge is 0.490 e.